The number of unbranched alkanes of at least 4 members (excludes halogenated alkanes) is 1. The standard InChI is InChI=1S/C21H27N3O3/c25-20(10-5-4-9-17-7-2-1-3-8-17)23-13-6-14-24-19(16-23)15-18(22-24)11-12-21(26)27/h1-3,7-8,15H,4-6,9-14,16H2,(H,26,27). The van der Waals surface area contributed by atoms with E-state index in [9.17, 15) is 9.59 Å². The average molecular weight is 369 g/mol. The Morgan fingerprint density at radius 2 is 1.85 bits per heavy atom. The summed E-state index contributed by atoms with van der Waals surface area (Å²) in [7, 11) is 0. The minimum atomic E-state index is -0.814. The van der Waals surface area contributed by atoms with Crippen molar-refractivity contribution in [2.24, 2.45) is 0 Å². The van der Waals surface area contributed by atoms with Gasteiger partial charge in [-0.1, -0.05) is 30.3 Å². The molecule has 6 nitrogen and oxygen atoms in total. The van der Waals surface area contributed by atoms with Gasteiger partial charge in [0.1, 0.15) is 0 Å². The van der Waals surface area contributed by atoms with Gasteiger partial charge >= 0.3 is 5.97 Å². The summed E-state index contributed by atoms with van der Waals surface area (Å²) in [4.78, 5) is 25.3. The van der Waals surface area contributed by atoms with Gasteiger partial charge in [-0.15, -0.1) is 0 Å². The van der Waals surface area contributed by atoms with Crippen molar-refractivity contribution in [3.8, 4) is 0 Å². The summed E-state index contributed by atoms with van der Waals surface area (Å²) in [5, 5.41) is 13.3. The number of rotatable bonds is 8. The van der Waals surface area contributed by atoms with Gasteiger partial charge < -0.3 is 10.0 Å². The molecular formula is C21H27N3O3. The van der Waals surface area contributed by atoms with E-state index in [1.54, 1.807) is 0 Å². The first kappa shape index (κ1) is 19.1. The van der Waals surface area contributed by atoms with Crippen molar-refractivity contribution in [3.05, 3.63) is 53.3 Å². The Hall–Kier alpha value is -2.63. The summed E-state index contributed by atoms with van der Waals surface area (Å²) >= 11 is 0. The second kappa shape index (κ2) is 9.35. The molecule has 1 aromatic carbocycles. The van der Waals surface area contributed by atoms with E-state index in [0.717, 1.165) is 50.2 Å². The summed E-state index contributed by atoms with van der Waals surface area (Å²) in [5.41, 5.74) is 3.12. The first-order valence-corrected chi connectivity index (χ1v) is 9.71. The number of amides is 1. The second-order valence-electron chi connectivity index (χ2n) is 7.11. The van der Waals surface area contributed by atoms with Gasteiger partial charge in [0.05, 0.1) is 24.4 Å². The van der Waals surface area contributed by atoms with E-state index in [4.69, 9.17) is 5.11 Å². The molecule has 3 rings (SSSR count). The first-order valence-electron chi connectivity index (χ1n) is 9.71. The summed E-state index contributed by atoms with van der Waals surface area (Å²) < 4.78 is 1.93. The molecule has 2 heterocycles. The molecule has 0 bridgehead atoms. The van der Waals surface area contributed by atoms with E-state index in [2.05, 4.69) is 17.2 Å². The summed E-state index contributed by atoms with van der Waals surface area (Å²) in [5.74, 6) is -0.615. The predicted molar refractivity (Wildman–Crippen MR) is 102 cm³/mol. The fourth-order valence-corrected chi connectivity index (χ4v) is 3.50. The second-order valence-corrected chi connectivity index (χ2v) is 7.11. The largest absolute Gasteiger partial charge is 0.481 e. The number of carboxylic acid groups (broad SMARTS) is 1. The molecule has 1 N–H and O–H groups in total. The van der Waals surface area contributed by atoms with Gasteiger partial charge in [0.2, 0.25) is 5.91 Å². The average Bonchev–Trinajstić information content (AvgIpc) is 2.94. The van der Waals surface area contributed by atoms with Crippen molar-refractivity contribution < 1.29 is 14.7 Å². The van der Waals surface area contributed by atoms with Crippen LogP contribution in [0, 0.1) is 0 Å². The van der Waals surface area contributed by atoms with Crippen LogP contribution in [0.15, 0.2) is 36.4 Å². The lowest BCUT2D eigenvalue weighted by Gasteiger charge is -2.20. The van der Waals surface area contributed by atoms with Crippen molar-refractivity contribution in [1.82, 2.24) is 14.7 Å². The maximum absolute atomic E-state index is 12.6. The highest BCUT2D eigenvalue weighted by molar-refractivity contribution is 5.76. The van der Waals surface area contributed by atoms with E-state index < -0.39 is 5.97 Å². The highest BCUT2D eigenvalue weighted by Gasteiger charge is 2.20. The molecule has 1 aliphatic heterocycles. The Kier molecular flexibility index (Phi) is 6.63. The molecule has 1 aromatic heterocycles. The maximum Gasteiger partial charge on any atom is 0.303 e. The third-order valence-electron chi connectivity index (χ3n) is 4.96. The van der Waals surface area contributed by atoms with Gasteiger partial charge in [-0.3, -0.25) is 14.3 Å². The van der Waals surface area contributed by atoms with Crippen LogP contribution in [0.1, 0.15) is 49.1 Å². The zero-order valence-corrected chi connectivity index (χ0v) is 15.6. The first-order chi connectivity index (χ1) is 13.1. The molecule has 0 radical (unpaired) electrons. The number of carbonyl (C=O) groups is 2. The third kappa shape index (κ3) is 5.67. The van der Waals surface area contributed by atoms with Crippen molar-refractivity contribution in [1.29, 1.82) is 0 Å². The maximum atomic E-state index is 12.6. The lowest BCUT2D eigenvalue weighted by molar-refractivity contribution is -0.137. The smallest absolute Gasteiger partial charge is 0.303 e. The lowest BCUT2D eigenvalue weighted by Crippen LogP contribution is -2.30. The van der Waals surface area contributed by atoms with Crippen molar-refractivity contribution in [2.75, 3.05) is 6.54 Å². The minimum Gasteiger partial charge on any atom is -0.481 e. The normalized spacial score (nSPS) is 13.9. The van der Waals surface area contributed by atoms with Crippen LogP contribution in [0.3, 0.4) is 0 Å². The Balaban J connectivity index is 1.48. The van der Waals surface area contributed by atoms with Crippen LogP contribution in [0.4, 0.5) is 0 Å². The van der Waals surface area contributed by atoms with Gasteiger partial charge in [-0.05, 0) is 37.3 Å². The van der Waals surface area contributed by atoms with Crippen LogP contribution in [0.25, 0.3) is 0 Å². The molecule has 0 unspecified atom stereocenters. The Labute approximate surface area is 159 Å². The number of fused-ring (bicyclic) bond motifs is 1. The summed E-state index contributed by atoms with van der Waals surface area (Å²) in [6, 6.07) is 12.3. The number of aliphatic carboxylic acids is 1. The van der Waals surface area contributed by atoms with Crippen LogP contribution < -0.4 is 0 Å². The molecule has 1 amide bonds. The van der Waals surface area contributed by atoms with Gasteiger partial charge in [-0.25, -0.2) is 0 Å². The number of aryl methyl sites for hydroxylation is 3. The SMILES string of the molecule is O=C(O)CCc1cc2n(n1)CCCN(C(=O)CCCCc1ccccc1)C2. The van der Waals surface area contributed by atoms with E-state index >= 15 is 0 Å². The molecule has 0 saturated heterocycles. The predicted octanol–water partition coefficient (Wildman–Crippen LogP) is 3.05. The number of benzene rings is 1. The van der Waals surface area contributed by atoms with Gasteiger partial charge in [0, 0.05) is 25.9 Å². The molecule has 2 aromatic rings. The number of hydrogen-bond acceptors (Lipinski definition) is 3. The molecular weight excluding hydrogens is 342 g/mol. The number of aromatic nitrogens is 2. The lowest BCUT2D eigenvalue weighted by atomic mass is 10.1. The van der Waals surface area contributed by atoms with Gasteiger partial charge in [-0.2, -0.15) is 5.10 Å². The Morgan fingerprint density at radius 1 is 1.04 bits per heavy atom. The van der Waals surface area contributed by atoms with Gasteiger partial charge in [0.25, 0.3) is 0 Å². The molecule has 6 heteroatoms. The number of hydrogen-bond donors (Lipinski definition) is 1. The Bertz CT molecular complexity index is 770. The van der Waals surface area contributed by atoms with Crippen LogP contribution in [-0.2, 0) is 35.5 Å². The Morgan fingerprint density at radius 3 is 2.63 bits per heavy atom. The fourth-order valence-electron chi connectivity index (χ4n) is 3.50. The van der Waals surface area contributed by atoms with Crippen LogP contribution in [-0.4, -0.2) is 38.2 Å². The molecule has 1 aliphatic rings. The zero-order chi connectivity index (χ0) is 19.1. The molecule has 0 spiro atoms. The molecule has 0 atom stereocenters. The van der Waals surface area contributed by atoms with Gasteiger partial charge in [0.15, 0.2) is 0 Å². The minimum absolute atomic E-state index is 0.0838. The van der Waals surface area contributed by atoms with Crippen molar-refractivity contribution in [3.63, 3.8) is 0 Å². The number of carbonyl (C=O) groups excluding carboxylic acids is 1. The highest BCUT2D eigenvalue weighted by atomic mass is 16.4. The molecule has 144 valence electrons. The molecule has 27 heavy (non-hydrogen) atoms. The monoisotopic (exact) mass is 369 g/mol. The fraction of sp³-hybridized carbons (Fsp3) is 0.476. The van der Waals surface area contributed by atoms with Crippen LogP contribution in [0.5, 0.6) is 0 Å². The van der Waals surface area contributed by atoms with Crippen LogP contribution >= 0.6 is 0 Å². The number of carboxylic acids is 1. The molecule has 0 saturated carbocycles. The summed E-state index contributed by atoms with van der Waals surface area (Å²) in [6.07, 6.45) is 4.89. The van der Waals surface area contributed by atoms with Crippen molar-refractivity contribution in [2.45, 2.75) is 58.0 Å². The number of nitrogens with zero attached hydrogens (tertiary/aromatic N) is 3. The van der Waals surface area contributed by atoms with E-state index in [1.807, 2.05) is 33.8 Å². The zero-order valence-electron chi connectivity index (χ0n) is 15.6. The van der Waals surface area contributed by atoms with E-state index in [1.165, 1.54) is 5.56 Å². The third-order valence-corrected chi connectivity index (χ3v) is 4.96. The highest BCUT2D eigenvalue weighted by Crippen LogP contribution is 2.17. The molecule has 0 fully saturated rings. The quantitative estimate of drug-likeness (QED) is 0.726. The van der Waals surface area contributed by atoms with Crippen molar-refractivity contribution >= 4 is 11.9 Å². The summed E-state index contributed by atoms with van der Waals surface area (Å²) in [6.45, 7) is 2.10. The van der Waals surface area contributed by atoms with E-state index in [0.29, 0.717) is 19.4 Å². The topological polar surface area (TPSA) is 75.4 Å². The van der Waals surface area contributed by atoms with Crippen LogP contribution in [0.2, 0.25) is 0 Å². The van der Waals surface area contributed by atoms with E-state index in [-0.39, 0.29) is 12.3 Å². The molecule has 0 aliphatic carbocycles.